The van der Waals surface area contributed by atoms with Gasteiger partial charge in [0.15, 0.2) is 35.1 Å². The topological polar surface area (TPSA) is 292 Å². The lowest BCUT2D eigenvalue weighted by atomic mass is 9.99. The van der Waals surface area contributed by atoms with Crippen LogP contribution in [0.25, 0.3) is 22.3 Å². The maximum Gasteiger partial charge on any atom is 0.472 e. The van der Waals surface area contributed by atoms with Gasteiger partial charge in [-0.05, 0) is 6.92 Å². The van der Waals surface area contributed by atoms with Crippen LogP contribution in [0.2, 0.25) is 0 Å². The van der Waals surface area contributed by atoms with E-state index >= 15 is 0 Å². The number of fused-ring (bicyclic) bond motifs is 4. The van der Waals surface area contributed by atoms with Crippen molar-refractivity contribution in [2.45, 2.75) is 49.4 Å². The number of phosphoric ester groups is 1. The molecule has 4 aliphatic rings. The minimum Gasteiger partial charge on any atom is -0.396 e. The number of nitrogens with zero attached hydrogens (tertiary/aromatic N) is 7. The molecule has 0 radical (unpaired) electrons. The molecular formula is C23H27N10O12PS. The molecule has 4 aromatic heterocycles. The van der Waals surface area contributed by atoms with Gasteiger partial charge in [0.25, 0.3) is 5.56 Å². The third-order valence-corrected chi connectivity index (χ3v) is 10.5. The van der Waals surface area contributed by atoms with E-state index in [4.69, 9.17) is 33.2 Å². The SMILES string of the molecule is Cc1nc2c(ncn2C2OC3COP(=O)(O)OC4C5OCC4(CNS(=O)(=O)OC2C3CO)OC5n2cnc3c(N)ncnc32)c(=O)[nH]1. The first-order valence-electron chi connectivity index (χ1n) is 14.1. The largest absolute Gasteiger partial charge is 0.472 e. The number of hydrogen-bond donors (Lipinski definition) is 5. The van der Waals surface area contributed by atoms with Crippen molar-refractivity contribution in [1.29, 1.82) is 0 Å². The number of ether oxygens (including phenoxy) is 3. The summed E-state index contributed by atoms with van der Waals surface area (Å²) >= 11 is 0. The number of hydrogen-bond acceptors (Lipinski definition) is 17. The van der Waals surface area contributed by atoms with Crippen LogP contribution in [0.3, 0.4) is 0 Å². The van der Waals surface area contributed by atoms with Crippen LogP contribution in [-0.4, -0.2) is 114 Å². The molecule has 0 aliphatic carbocycles. The molecule has 24 heteroatoms. The molecule has 9 atom stereocenters. The molecule has 4 aliphatic heterocycles. The van der Waals surface area contributed by atoms with Crippen LogP contribution in [0.5, 0.6) is 0 Å². The van der Waals surface area contributed by atoms with Crippen molar-refractivity contribution < 1.29 is 50.4 Å². The monoisotopic (exact) mass is 698 g/mol. The van der Waals surface area contributed by atoms with E-state index in [1.165, 1.54) is 28.1 Å². The maximum atomic E-state index is 13.5. The molecule has 9 unspecified atom stereocenters. The predicted octanol–water partition coefficient (Wildman–Crippen LogP) is -2.24. The number of H-pyrrole nitrogens is 1. The molecule has 252 valence electrons. The van der Waals surface area contributed by atoms with E-state index in [9.17, 15) is 27.8 Å². The van der Waals surface area contributed by atoms with E-state index in [1.54, 1.807) is 6.92 Å². The van der Waals surface area contributed by atoms with Crippen molar-refractivity contribution >= 4 is 46.3 Å². The van der Waals surface area contributed by atoms with Crippen molar-refractivity contribution in [2.75, 3.05) is 32.1 Å². The first kappa shape index (κ1) is 30.8. The van der Waals surface area contributed by atoms with Crippen LogP contribution in [0.4, 0.5) is 5.82 Å². The second-order valence-electron chi connectivity index (χ2n) is 11.4. The number of aromatic amines is 1. The summed E-state index contributed by atoms with van der Waals surface area (Å²) in [5, 5.41) is 10.3. The highest BCUT2D eigenvalue weighted by Crippen LogP contribution is 2.55. The normalized spacial score (nSPS) is 37.0. The number of aliphatic hydroxyl groups excluding tert-OH is 1. The Morgan fingerprint density at radius 1 is 1.13 bits per heavy atom. The van der Waals surface area contributed by atoms with Gasteiger partial charge in [-0.15, -0.1) is 0 Å². The van der Waals surface area contributed by atoms with Crippen LogP contribution in [-0.2, 0) is 42.3 Å². The molecule has 4 aromatic rings. The second-order valence-corrected chi connectivity index (χ2v) is 14.2. The Kier molecular flexibility index (Phi) is 7.06. The number of aryl methyl sites for hydroxylation is 1. The van der Waals surface area contributed by atoms with E-state index in [2.05, 4.69) is 34.6 Å². The third kappa shape index (κ3) is 4.97. The number of rotatable bonds is 3. The number of phosphoric acid groups is 1. The summed E-state index contributed by atoms with van der Waals surface area (Å²) < 4.78 is 80.4. The molecular weight excluding hydrogens is 671 g/mol. The molecule has 8 rings (SSSR count). The van der Waals surface area contributed by atoms with Crippen LogP contribution >= 0.6 is 7.82 Å². The molecule has 0 spiro atoms. The summed E-state index contributed by atoms with van der Waals surface area (Å²) in [7, 11) is -9.63. The van der Waals surface area contributed by atoms with Crippen LogP contribution < -0.4 is 16.0 Å². The summed E-state index contributed by atoms with van der Waals surface area (Å²) in [6.07, 6.45) is -3.65. The number of nitrogens with one attached hydrogen (secondary N) is 2. The smallest absolute Gasteiger partial charge is 0.396 e. The molecule has 47 heavy (non-hydrogen) atoms. The number of anilines is 1. The van der Waals surface area contributed by atoms with E-state index in [0.717, 1.165) is 0 Å². The van der Waals surface area contributed by atoms with Crippen molar-refractivity contribution in [3.8, 4) is 0 Å². The summed E-state index contributed by atoms with van der Waals surface area (Å²) in [6, 6.07) is 0. The molecule has 6 N–H and O–H groups in total. The fourth-order valence-electron chi connectivity index (χ4n) is 6.43. The fraction of sp³-hybridized carbons (Fsp3) is 0.565. The number of aromatic nitrogens is 8. The highest BCUT2D eigenvalue weighted by Gasteiger charge is 2.65. The minimum atomic E-state index is -4.94. The van der Waals surface area contributed by atoms with E-state index < -0.39 is 91.8 Å². The van der Waals surface area contributed by atoms with Gasteiger partial charge in [0, 0.05) is 12.5 Å². The Hall–Kier alpha value is -3.48. The predicted molar refractivity (Wildman–Crippen MR) is 152 cm³/mol. The average Bonchev–Trinajstić information content (AvgIpc) is 3.82. The average molecular weight is 699 g/mol. The molecule has 0 aromatic carbocycles. The standard InChI is InChI=1S/C23H27N10O12PS/c1-9-30-19-13(20(35)31-9)28-8-33(19)21-14-10(2-34)11(42-21)3-41-46(36,37)44-16-15-22(32-7-27-12-17(24)25-6-26-18(12)32)43-23(16,5-40-15)4-29-47(38,39)45-14/h6-8,10-11,14-16,21-22,29,34H,2-5H2,1H3,(H,36,37)(H2,24,25,26)(H,30,31,35). The Labute approximate surface area is 263 Å². The zero-order valence-corrected chi connectivity index (χ0v) is 25.9. The zero-order valence-electron chi connectivity index (χ0n) is 24.1. The summed E-state index contributed by atoms with van der Waals surface area (Å²) in [4.78, 5) is 46.6. The van der Waals surface area contributed by atoms with Crippen LogP contribution in [0.15, 0.2) is 23.8 Å². The zero-order chi connectivity index (χ0) is 32.9. The van der Waals surface area contributed by atoms with Gasteiger partial charge >= 0.3 is 18.1 Å². The van der Waals surface area contributed by atoms with E-state index in [1.807, 2.05) is 0 Å². The summed E-state index contributed by atoms with van der Waals surface area (Å²) in [6.45, 7) is -0.574. The highest BCUT2D eigenvalue weighted by atomic mass is 32.2. The molecule has 0 saturated carbocycles. The van der Waals surface area contributed by atoms with E-state index in [0.29, 0.717) is 0 Å². The molecule has 4 bridgehead atoms. The van der Waals surface area contributed by atoms with Gasteiger partial charge in [0.05, 0.1) is 38.6 Å². The number of imidazole rings is 2. The Balaban J connectivity index is 1.16. The number of aliphatic hydroxyl groups is 1. The third-order valence-electron chi connectivity index (χ3n) is 8.60. The minimum absolute atomic E-state index is 0.0473. The van der Waals surface area contributed by atoms with Gasteiger partial charge in [-0.2, -0.15) is 13.1 Å². The molecule has 8 heterocycles. The highest BCUT2D eigenvalue weighted by molar-refractivity contribution is 7.84. The fourth-order valence-corrected chi connectivity index (χ4v) is 8.44. The summed E-state index contributed by atoms with van der Waals surface area (Å²) in [5.41, 5.74) is 4.23. The van der Waals surface area contributed by atoms with Gasteiger partial charge in [-0.3, -0.25) is 23.0 Å². The Morgan fingerprint density at radius 2 is 1.89 bits per heavy atom. The maximum absolute atomic E-state index is 13.5. The summed E-state index contributed by atoms with van der Waals surface area (Å²) in [5.74, 6) is -0.765. The van der Waals surface area contributed by atoms with Gasteiger partial charge in [-0.25, -0.2) is 33.7 Å². The lowest BCUT2D eigenvalue weighted by molar-refractivity contribution is -0.169. The molecule has 22 nitrogen and oxygen atoms in total. The number of nitrogens with two attached hydrogens (primary N) is 1. The van der Waals surface area contributed by atoms with Gasteiger partial charge in [0.1, 0.15) is 41.6 Å². The quantitative estimate of drug-likeness (QED) is 0.141. The molecule has 0 amide bonds. The van der Waals surface area contributed by atoms with Crippen molar-refractivity contribution in [3.63, 3.8) is 0 Å². The van der Waals surface area contributed by atoms with Crippen molar-refractivity contribution in [1.82, 2.24) is 43.8 Å². The Bertz CT molecular complexity index is 2110. The van der Waals surface area contributed by atoms with Gasteiger partial charge in [-0.1, -0.05) is 0 Å². The molecule has 4 saturated heterocycles. The number of nitrogen functional groups attached to an aromatic ring is 1. The van der Waals surface area contributed by atoms with Crippen LogP contribution in [0.1, 0.15) is 18.3 Å². The second kappa shape index (κ2) is 10.8. The van der Waals surface area contributed by atoms with Crippen molar-refractivity contribution in [2.24, 2.45) is 5.92 Å². The first-order chi connectivity index (χ1) is 22.4. The van der Waals surface area contributed by atoms with E-state index in [-0.39, 0.29) is 40.6 Å². The first-order valence-corrected chi connectivity index (χ1v) is 17.0. The van der Waals surface area contributed by atoms with Crippen molar-refractivity contribution in [3.05, 3.63) is 35.2 Å². The Morgan fingerprint density at radius 3 is 2.68 bits per heavy atom. The molecule has 4 fully saturated rings. The lowest BCUT2D eigenvalue weighted by Gasteiger charge is -2.32. The lowest BCUT2D eigenvalue weighted by Crippen LogP contribution is -2.51. The van der Waals surface area contributed by atoms with Crippen LogP contribution in [0, 0.1) is 12.8 Å². The van der Waals surface area contributed by atoms with Gasteiger partial charge in [0.2, 0.25) is 0 Å². The van der Waals surface area contributed by atoms with Gasteiger partial charge < -0.3 is 34.9 Å².